The van der Waals surface area contributed by atoms with E-state index in [1.165, 1.54) is 12.1 Å². The second kappa shape index (κ2) is 4.88. The molecule has 0 radical (unpaired) electrons. The summed E-state index contributed by atoms with van der Waals surface area (Å²) in [6.45, 7) is 1.71. The minimum absolute atomic E-state index is 0.00627. The van der Waals surface area contributed by atoms with E-state index in [0.717, 1.165) is 24.6 Å². The number of anilines is 1. The zero-order valence-electron chi connectivity index (χ0n) is 8.43. The van der Waals surface area contributed by atoms with Crippen LogP contribution in [0.3, 0.4) is 0 Å². The Bertz CT molecular complexity index is 410. The summed E-state index contributed by atoms with van der Waals surface area (Å²) in [6, 6.07) is 2.74. The van der Waals surface area contributed by atoms with Crippen molar-refractivity contribution in [3.8, 4) is 0 Å². The highest BCUT2D eigenvalue weighted by molar-refractivity contribution is 7.99. The van der Waals surface area contributed by atoms with Gasteiger partial charge in [0.05, 0.1) is 17.1 Å². The van der Waals surface area contributed by atoms with Crippen molar-refractivity contribution in [2.45, 2.75) is 0 Å². The van der Waals surface area contributed by atoms with Gasteiger partial charge >= 0.3 is 0 Å². The molecule has 0 amide bonds. The highest BCUT2D eigenvalue weighted by Gasteiger charge is 2.17. The summed E-state index contributed by atoms with van der Waals surface area (Å²) in [5.74, 6) is 2.63. The topological polar surface area (TPSA) is 59.3 Å². The Morgan fingerprint density at radius 1 is 1.44 bits per heavy atom. The molecule has 0 bridgehead atoms. The average Bonchev–Trinajstić information content (AvgIpc) is 2.29. The molecule has 1 saturated heterocycles. The molecular weight excluding hydrogens is 250 g/mol. The minimum atomic E-state index is -0.449. The number of nitro groups is 1. The van der Waals surface area contributed by atoms with Crippen LogP contribution in [0, 0.1) is 10.1 Å². The molecule has 7 heteroatoms. The van der Waals surface area contributed by atoms with Gasteiger partial charge in [-0.05, 0) is 0 Å². The molecule has 16 heavy (non-hydrogen) atoms. The van der Waals surface area contributed by atoms with Gasteiger partial charge in [-0.15, -0.1) is 0 Å². The molecule has 0 aliphatic carbocycles. The maximum Gasteiger partial charge on any atom is 0.276 e. The number of aromatic nitrogens is 1. The molecule has 0 atom stereocenters. The van der Waals surface area contributed by atoms with Crippen LogP contribution in [0.15, 0.2) is 12.1 Å². The second-order valence-corrected chi connectivity index (χ2v) is 4.97. The Labute approximate surface area is 102 Å². The fourth-order valence-electron chi connectivity index (χ4n) is 1.53. The van der Waals surface area contributed by atoms with Crippen LogP contribution in [0.25, 0.3) is 0 Å². The summed E-state index contributed by atoms with van der Waals surface area (Å²) in [5, 5.41) is 10.9. The van der Waals surface area contributed by atoms with Crippen molar-refractivity contribution in [2.75, 3.05) is 29.5 Å². The van der Waals surface area contributed by atoms with Crippen LogP contribution in [-0.4, -0.2) is 34.5 Å². The third-order valence-electron chi connectivity index (χ3n) is 2.31. The third-order valence-corrected chi connectivity index (χ3v) is 3.45. The molecule has 0 spiro atoms. The summed E-state index contributed by atoms with van der Waals surface area (Å²) in [6.07, 6.45) is 0. The van der Waals surface area contributed by atoms with Gasteiger partial charge in [0, 0.05) is 24.6 Å². The molecule has 0 unspecified atom stereocenters. The minimum Gasteiger partial charge on any atom is -0.355 e. The van der Waals surface area contributed by atoms with Gasteiger partial charge in [0.15, 0.2) is 0 Å². The average molecular weight is 260 g/mol. The SMILES string of the molecule is O=[N+]([O-])c1cc(Cl)nc(N2CCSCC2)c1. The van der Waals surface area contributed by atoms with Crippen molar-refractivity contribution >= 4 is 34.9 Å². The van der Waals surface area contributed by atoms with Crippen molar-refractivity contribution in [2.24, 2.45) is 0 Å². The van der Waals surface area contributed by atoms with Crippen molar-refractivity contribution in [1.29, 1.82) is 0 Å². The number of rotatable bonds is 2. The van der Waals surface area contributed by atoms with Gasteiger partial charge in [0.25, 0.3) is 5.69 Å². The van der Waals surface area contributed by atoms with Gasteiger partial charge in [-0.2, -0.15) is 11.8 Å². The van der Waals surface area contributed by atoms with Gasteiger partial charge in [-0.3, -0.25) is 10.1 Å². The van der Waals surface area contributed by atoms with E-state index in [2.05, 4.69) is 4.98 Å². The maximum absolute atomic E-state index is 10.7. The van der Waals surface area contributed by atoms with E-state index in [1.54, 1.807) is 0 Å². The monoisotopic (exact) mass is 259 g/mol. The van der Waals surface area contributed by atoms with E-state index in [1.807, 2.05) is 16.7 Å². The summed E-state index contributed by atoms with van der Waals surface area (Å²) in [4.78, 5) is 16.4. The van der Waals surface area contributed by atoms with E-state index in [9.17, 15) is 10.1 Å². The Hall–Kier alpha value is -1.01. The Morgan fingerprint density at radius 2 is 2.12 bits per heavy atom. The van der Waals surface area contributed by atoms with Crippen LogP contribution in [0.4, 0.5) is 11.5 Å². The molecule has 0 aromatic carbocycles. The summed E-state index contributed by atoms with van der Waals surface area (Å²) >= 11 is 7.64. The highest BCUT2D eigenvalue weighted by Crippen LogP contribution is 2.24. The van der Waals surface area contributed by atoms with Crippen molar-refractivity contribution < 1.29 is 4.92 Å². The summed E-state index contributed by atoms with van der Waals surface area (Å²) < 4.78 is 0. The number of nitrogens with zero attached hydrogens (tertiary/aromatic N) is 3. The van der Waals surface area contributed by atoms with E-state index in [4.69, 9.17) is 11.6 Å². The Kier molecular flexibility index (Phi) is 3.50. The lowest BCUT2D eigenvalue weighted by atomic mass is 10.3. The first-order chi connectivity index (χ1) is 7.66. The number of pyridine rings is 1. The van der Waals surface area contributed by atoms with Gasteiger partial charge < -0.3 is 4.90 Å². The van der Waals surface area contributed by atoms with Crippen LogP contribution >= 0.6 is 23.4 Å². The number of hydrogen-bond donors (Lipinski definition) is 0. The number of thioether (sulfide) groups is 1. The fourth-order valence-corrected chi connectivity index (χ4v) is 2.63. The zero-order valence-corrected chi connectivity index (χ0v) is 10.00. The summed E-state index contributed by atoms with van der Waals surface area (Å²) in [7, 11) is 0. The smallest absolute Gasteiger partial charge is 0.276 e. The molecule has 1 aliphatic rings. The molecule has 1 aromatic heterocycles. The predicted molar refractivity (Wildman–Crippen MR) is 65.4 cm³/mol. The first-order valence-electron chi connectivity index (χ1n) is 4.81. The van der Waals surface area contributed by atoms with Gasteiger partial charge in [-0.25, -0.2) is 4.98 Å². The van der Waals surface area contributed by atoms with Gasteiger partial charge in [0.2, 0.25) is 0 Å². The third kappa shape index (κ3) is 2.56. The molecule has 2 rings (SSSR count). The standard InChI is InChI=1S/C9H10ClN3O2S/c10-8-5-7(13(14)15)6-9(11-8)12-1-3-16-4-2-12/h5-6H,1-4H2. The molecule has 2 heterocycles. The summed E-state index contributed by atoms with van der Waals surface area (Å²) in [5.41, 5.74) is -0.00627. The fraction of sp³-hybridized carbons (Fsp3) is 0.444. The zero-order chi connectivity index (χ0) is 11.5. The first kappa shape index (κ1) is 11.5. The van der Waals surface area contributed by atoms with Crippen LogP contribution in [0.1, 0.15) is 0 Å². The van der Waals surface area contributed by atoms with Gasteiger partial charge in [-0.1, -0.05) is 11.6 Å². The van der Waals surface area contributed by atoms with Crippen molar-refractivity contribution in [3.05, 3.63) is 27.4 Å². The number of hydrogen-bond acceptors (Lipinski definition) is 5. The molecule has 86 valence electrons. The predicted octanol–water partition coefficient (Wildman–Crippen LogP) is 2.20. The van der Waals surface area contributed by atoms with Crippen LogP contribution in [0.2, 0.25) is 5.15 Å². The van der Waals surface area contributed by atoms with E-state index in [-0.39, 0.29) is 10.8 Å². The molecule has 5 nitrogen and oxygen atoms in total. The lowest BCUT2D eigenvalue weighted by Gasteiger charge is -2.27. The van der Waals surface area contributed by atoms with E-state index < -0.39 is 4.92 Å². The molecule has 1 aliphatic heterocycles. The van der Waals surface area contributed by atoms with E-state index >= 15 is 0 Å². The Morgan fingerprint density at radius 3 is 2.75 bits per heavy atom. The van der Waals surface area contributed by atoms with Gasteiger partial charge in [0.1, 0.15) is 11.0 Å². The number of halogens is 1. The van der Waals surface area contributed by atoms with Crippen LogP contribution in [0.5, 0.6) is 0 Å². The second-order valence-electron chi connectivity index (χ2n) is 3.36. The van der Waals surface area contributed by atoms with Crippen molar-refractivity contribution in [3.63, 3.8) is 0 Å². The van der Waals surface area contributed by atoms with Crippen LogP contribution in [-0.2, 0) is 0 Å². The molecule has 0 saturated carbocycles. The highest BCUT2D eigenvalue weighted by atomic mass is 35.5. The van der Waals surface area contributed by atoms with Crippen molar-refractivity contribution in [1.82, 2.24) is 4.98 Å². The molecule has 1 fully saturated rings. The van der Waals surface area contributed by atoms with E-state index in [0.29, 0.717) is 5.82 Å². The van der Waals surface area contributed by atoms with Crippen LogP contribution < -0.4 is 4.90 Å². The maximum atomic E-state index is 10.7. The quantitative estimate of drug-likeness (QED) is 0.463. The lowest BCUT2D eigenvalue weighted by molar-refractivity contribution is -0.384. The first-order valence-corrected chi connectivity index (χ1v) is 6.35. The molecular formula is C9H10ClN3O2S. The Balaban J connectivity index is 2.28. The molecule has 1 aromatic rings. The normalized spacial score (nSPS) is 16.2. The largest absolute Gasteiger partial charge is 0.355 e. The lowest BCUT2D eigenvalue weighted by Crippen LogP contribution is -2.33. The molecule has 0 N–H and O–H groups in total.